The Kier molecular flexibility index (Phi) is 4.92. The quantitative estimate of drug-likeness (QED) is 0.475. The van der Waals surface area contributed by atoms with E-state index < -0.39 is 8.32 Å². The highest BCUT2D eigenvalue weighted by molar-refractivity contribution is 6.77. The van der Waals surface area contributed by atoms with Crippen molar-refractivity contribution in [3.8, 4) is 0 Å². The number of hydrogen-bond donors (Lipinski definition) is 0. The first-order chi connectivity index (χ1) is 6.25. The summed E-state index contributed by atoms with van der Waals surface area (Å²) < 4.78 is 6.17. The lowest BCUT2D eigenvalue weighted by molar-refractivity contribution is 0.375. The lowest BCUT2D eigenvalue weighted by Gasteiger charge is -2.42. The minimum Gasteiger partial charge on any atom is -0.546 e. The number of allylic oxidation sites excluding steroid dienone is 1. The van der Waals surface area contributed by atoms with Crippen LogP contribution in [-0.2, 0) is 4.43 Å². The minimum absolute atomic E-state index is 0.638. The molecular formula is C12H26OSi. The zero-order valence-electron chi connectivity index (χ0n) is 10.8. The summed E-state index contributed by atoms with van der Waals surface area (Å²) in [7, 11) is -1.69. The van der Waals surface area contributed by atoms with Crippen LogP contribution in [0, 0.1) is 0 Å². The molecule has 0 aromatic carbocycles. The molecule has 14 heavy (non-hydrogen) atoms. The van der Waals surface area contributed by atoms with Gasteiger partial charge in [0, 0.05) is 0 Å². The Hall–Kier alpha value is -0.243. The van der Waals surface area contributed by atoms with Gasteiger partial charge in [0.1, 0.15) is 0 Å². The summed E-state index contributed by atoms with van der Waals surface area (Å²) in [5.74, 6) is 0.882. The first-order valence-electron chi connectivity index (χ1n) is 5.59. The van der Waals surface area contributed by atoms with Gasteiger partial charge in [-0.25, -0.2) is 0 Å². The van der Waals surface area contributed by atoms with Crippen LogP contribution in [0.3, 0.4) is 0 Å². The third kappa shape index (κ3) is 2.63. The molecule has 0 amide bonds. The second-order valence-electron chi connectivity index (χ2n) is 5.12. The molecule has 84 valence electrons. The second kappa shape index (κ2) is 5.01. The topological polar surface area (TPSA) is 9.23 Å². The third-order valence-electron chi connectivity index (χ3n) is 3.06. The van der Waals surface area contributed by atoms with Crippen molar-refractivity contribution in [1.29, 1.82) is 0 Å². The second-order valence-corrected chi connectivity index (χ2v) is 10.5. The van der Waals surface area contributed by atoms with E-state index in [1.54, 1.807) is 0 Å². The Morgan fingerprint density at radius 1 is 0.929 bits per heavy atom. The average Bonchev–Trinajstić information content (AvgIpc) is 1.97. The molecule has 1 nitrogen and oxygen atoms in total. The van der Waals surface area contributed by atoms with E-state index in [0.717, 1.165) is 5.76 Å². The van der Waals surface area contributed by atoms with Crippen LogP contribution in [0.15, 0.2) is 12.3 Å². The summed E-state index contributed by atoms with van der Waals surface area (Å²) in [5, 5.41) is 0. The van der Waals surface area contributed by atoms with Crippen LogP contribution in [0.4, 0.5) is 0 Å². The number of hydrogen-bond acceptors (Lipinski definition) is 1. The van der Waals surface area contributed by atoms with Gasteiger partial charge in [-0.1, -0.05) is 48.1 Å². The summed E-state index contributed by atoms with van der Waals surface area (Å²) in [6.45, 7) is 19.6. The average molecular weight is 214 g/mol. The van der Waals surface area contributed by atoms with E-state index in [1.165, 1.54) is 0 Å². The van der Waals surface area contributed by atoms with E-state index in [0.29, 0.717) is 16.6 Å². The predicted octanol–water partition coefficient (Wildman–Crippen LogP) is 4.71. The van der Waals surface area contributed by atoms with Crippen molar-refractivity contribution in [2.75, 3.05) is 0 Å². The van der Waals surface area contributed by atoms with Gasteiger partial charge in [-0.3, -0.25) is 0 Å². The molecule has 0 unspecified atom stereocenters. The molecule has 0 fully saturated rings. The molecule has 0 aliphatic heterocycles. The van der Waals surface area contributed by atoms with Gasteiger partial charge in [-0.2, -0.15) is 0 Å². The van der Waals surface area contributed by atoms with Crippen LogP contribution >= 0.6 is 0 Å². The lowest BCUT2D eigenvalue weighted by atomic mass is 10.5. The molecule has 0 bridgehead atoms. The fraction of sp³-hybridized carbons (Fsp3) is 0.833. The number of rotatable bonds is 5. The highest BCUT2D eigenvalue weighted by Crippen LogP contribution is 2.43. The van der Waals surface area contributed by atoms with Gasteiger partial charge in [0.15, 0.2) is 0 Å². The molecule has 0 radical (unpaired) electrons. The van der Waals surface area contributed by atoms with Gasteiger partial charge in [-0.05, 0) is 23.5 Å². The van der Waals surface area contributed by atoms with Gasteiger partial charge in [0.25, 0.3) is 8.32 Å². The summed E-state index contributed by atoms with van der Waals surface area (Å²) >= 11 is 0. The van der Waals surface area contributed by atoms with E-state index >= 15 is 0 Å². The monoisotopic (exact) mass is 214 g/mol. The fourth-order valence-electron chi connectivity index (χ4n) is 2.66. The summed E-state index contributed by atoms with van der Waals surface area (Å²) in [5.41, 5.74) is 1.91. The van der Waals surface area contributed by atoms with Crippen LogP contribution in [0.25, 0.3) is 0 Å². The first-order valence-corrected chi connectivity index (χ1v) is 7.73. The molecule has 0 spiro atoms. The SMILES string of the molecule is C=C(C)O[Si](C(C)C)(C(C)C)C(C)C. The maximum Gasteiger partial charge on any atom is 0.258 e. The van der Waals surface area contributed by atoms with Crippen LogP contribution in [0.2, 0.25) is 16.6 Å². The summed E-state index contributed by atoms with van der Waals surface area (Å²) in [6.07, 6.45) is 0. The molecule has 0 saturated carbocycles. The van der Waals surface area contributed by atoms with Gasteiger partial charge in [-0.15, -0.1) is 0 Å². The third-order valence-corrected chi connectivity index (χ3v) is 9.17. The molecule has 0 aromatic rings. The molecule has 0 aliphatic carbocycles. The minimum atomic E-state index is -1.69. The highest BCUT2D eigenvalue weighted by atomic mass is 28.4. The van der Waals surface area contributed by atoms with Crippen molar-refractivity contribution in [2.24, 2.45) is 0 Å². The maximum atomic E-state index is 6.17. The highest BCUT2D eigenvalue weighted by Gasteiger charge is 2.46. The Morgan fingerprint density at radius 2 is 1.21 bits per heavy atom. The fourth-order valence-corrected chi connectivity index (χ4v) is 7.97. The van der Waals surface area contributed by atoms with Gasteiger partial charge < -0.3 is 4.43 Å². The Morgan fingerprint density at radius 3 is 1.29 bits per heavy atom. The van der Waals surface area contributed by atoms with Crippen molar-refractivity contribution in [3.63, 3.8) is 0 Å². The van der Waals surface area contributed by atoms with Gasteiger partial charge >= 0.3 is 0 Å². The van der Waals surface area contributed by atoms with E-state index in [9.17, 15) is 0 Å². The van der Waals surface area contributed by atoms with E-state index in [-0.39, 0.29) is 0 Å². The molecule has 2 heteroatoms. The molecule has 0 atom stereocenters. The first kappa shape index (κ1) is 13.8. The van der Waals surface area contributed by atoms with Crippen LogP contribution < -0.4 is 0 Å². The normalized spacial score (nSPS) is 12.7. The van der Waals surface area contributed by atoms with E-state index in [4.69, 9.17) is 4.43 Å². The van der Waals surface area contributed by atoms with Gasteiger partial charge in [0.05, 0.1) is 5.76 Å². The standard InChI is InChI=1S/C12H26OSi/c1-9(2)13-14(10(3)4,11(5)6)12(7)8/h10-12H,1H2,2-8H3. The molecule has 0 N–H and O–H groups in total. The summed E-state index contributed by atoms with van der Waals surface area (Å²) in [6, 6.07) is 0. The smallest absolute Gasteiger partial charge is 0.258 e. The zero-order chi connectivity index (χ0) is 11.5. The Labute approximate surface area is 90.7 Å². The van der Waals surface area contributed by atoms with Crippen molar-refractivity contribution >= 4 is 8.32 Å². The molecule has 0 aromatic heterocycles. The molecule has 0 rings (SSSR count). The van der Waals surface area contributed by atoms with Crippen molar-refractivity contribution < 1.29 is 4.43 Å². The van der Waals surface area contributed by atoms with Crippen LogP contribution in [0.5, 0.6) is 0 Å². The van der Waals surface area contributed by atoms with Crippen molar-refractivity contribution in [3.05, 3.63) is 12.3 Å². The van der Waals surface area contributed by atoms with Gasteiger partial charge in [0.2, 0.25) is 0 Å². The Bertz CT molecular complexity index is 173. The molecule has 0 heterocycles. The van der Waals surface area contributed by atoms with E-state index in [2.05, 4.69) is 48.1 Å². The predicted molar refractivity (Wildman–Crippen MR) is 66.9 cm³/mol. The maximum absolute atomic E-state index is 6.17. The largest absolute Gasteiger partial charge is 0.546 e. The van der Waals surface area contributed by atoms with Crippen molar-refractivity contribution in [2.45, 2.75) is 65.1 Å². The molecule has 0 saturated heterocycles. The van der Waals surface area contributed by atoms with Crippen LogP contribution in [-0.4, -0.2) is 8.32 Å². The Balaban J connectivity index is 5.05. The van der Waals surface area contributed by atoms with E-state index in [1.807, 2.05) is 6.92 Å². The molecule has 0 aliphatic rings. The van der Waals surface area contributed by atoms with Crippen molar-refractivity contribution in [1.82, 2.24) is 0 Å². The zero-order valence-corrected chi connectivity index (χ0v) is 11.8. The molecular weight excluding hydrogens is 188 g/mol. The summed E-state index contributed by atoms with van der Waals surface area (Å²) in [4.78, 5) is 0. The van der Waals surface area contributed by atoms with Crippen LogP contribution in [0.1, 0.15) is 48.5 Å². The lowest BCUT2D eigenvalue weighted by Crippen LogP contribution is -2.47.